The van der Waals surface area contributed by atoms with Crippen LogP contribution in [-0.2, 0) is 12.3 Å². The fourth-order valence-corrected chi connectivity index (χ4v) is 4.23. The molecule has 1 heterocycles. The molecule has 0 saturated heterocycles. The highest BCUT2D eigenvalue weighted by molar-refractivity contribution is 7.98. The van der Waals surface area contributed by atoms with E-state index in [-0.39, 0.29) is 5.91 Å². The third-order valence-electron chi connectivity index (χ3n) is 3.97. The van der Waals surface area contributed by atoms with Gasteiger partial charge in [-0.15, -0.1) is 23.1 Å². The van der Waals surface area contributed by atoms with E-state index in [9.17, 15) is 4.79 Å². The highest BCUT2D eigenvalue weighted by atomic mass is 32.2. The van der Waals surface area contributed by atoms with Crippen molar-refractivity contribution >= 4 is 29.0 Å². The SMILES string of the molecule is CCOc1ccc(CNC(=O)c2ccccc2SCc2cscn2)cc1OC. The van der Waals surface area contributed by atoms with E-state index in [0.29, 0.717) is 30.2 Å². The van der Waals surface area contributed by atoms with Crippen LogP contribution in [0, 0.1) is 0 Å². The molecule has 3 aromatic rings. The Balaban J connectivity index is 1.65. The molecule has 0 spiro atoms. The first-order chi connectivity index (χ1) is 13.7. The van der Waals surface area contributed by atoms with Gasteiger partial charge in [0, 0.05) is 22.6 Å². The lowest BCUT2D eigenvalue weighted by Crippen LogP contribution is -2.23. The molecule has 1 amide bonds. The van der Waals surface area contributed by atoms with Gasteiger partial charge in [-0.2, -0.15) is 0 Å². The van der Waals surface area contributed by atoms with Crippen LogP contribution >= 0.6 is 23.1 Å². The topological polar surface area (TPSA) is 60.5 Å². The number of ether oxygens (including phenoxy) is 2. The molecular weight excluding hydrogens is 392 g/mol. The maximum absolute atomic E-state index is 12.7. The minimum absolute atomic E-state index is 0.103. The molecular formula is C21H22N2O3S2. The van der Waals surface area contributed by atoms with E-state index in [1.165, 1.54) is 0 Å². The maximum Gasteiger partial charge on any atom is 0.252 e. The van der Waals surface area contributed by atoms with Crippen molar-refractivity contribution in [3.8, 4) is 11.5 Å². The molecule has 146 valence electrons. The Hall–Kier alpha value is -2.51. The summed E-state index contributed by atoms with van der Waals surface area (Å²) < 4.78 is 10.9. The van der Waals surface area contributed by atoms with Crippen LogP contribution in [0.2, 0.25) is 0 Å². The van der Waals surface area contributed by atoms with Crippen molar-refractivity contribution in [1.82, 2.24) is 10.3 Å². The average Bonchev–Trinajstić information content (AvgIpc) is 3.25. The van der Waals surface area contributed by atoms with E-state index in [1.807, 2.05) is 60.3 Å². The van der Waals surface area contributed by atoms with Gasteiger partial charge in [0.05, 0.1) is 30.5 Å². The largest absolute Gasteiger partial charge is 0.493 e. The van der Waals surface area contributed by atoms with Crippen LogP contribution in [-0.4, -0.2) is 24.6 Å². The van der Waals surface area contributed by atoms with Crippen molar-refractivity contribution in [1.29, 1.82) is 0 Å². The van der Waals surface area contributed by atoms with Crippen molar-refractivity contribution in [2.24, 2.45) is 0 Å². The highest BCUT2D eigenvalue weighted by Crippen LogP contribution is 2.29. The van der Waals surface area contributed by atoms with Gasteiger partial charge < -0.3 is 14.8 Å². The zero-order chi connectivity index (χ0) is 19.8. The summed E-state index contributed by atoms with van der Waals surface area (Å²) in [6.45, 7) is 2.91. The van der Waals surface area contributed by atoms with Gasteiger partial charge in [-0.05, 0) is 36.8 Å². The normalized spacial score (nSPS) is 10.5. The molecule has 0 atom stereocenters. The van der Waals surface area contributed by atoms with Gasteiger partial charge in [-0.1, -0.05) is 18.2 Å². The molecule has 2 aromatic carbocycles. The number of thiazole rings is 1. The first-order valence-electron chi connectivity index (χ1n) is 8.88. The summed E-state index contributed by atoms with van der Waals surface area (Å²) in [5.74, 6) is 2.00. The molecule has 0 fully saturated rings. The number of rotatable bonds is 9. The van der Waals surface area contributed by atoms with Crippen molar-refractivity contribution in [2.75, 3.05) is 13.7 Å². The molecule has 0 saturated carbocycles. The van der Waals surface area contributed by atoms with E-state index < -0.39 is 0 Å². The first kappa shape index (κ1) is 20.2. The van der Waals surface area contributed by atoms with E-state index in [4.69, 9.17) is 9.47 Å². The van der Waals surface area contributed by atoms with Crippen molar-refractivity contribution in [3.05, 3.63) is 70.2 Å². The monoisotopic (exact) mass is 414 g/mol. The van der Waals surface area contributed by atoms with Crippen LogP contribution in [0.15, 0.2) is 58.3 Å². The molecule has 0 radical (unpaired) electrons. The second kappa shape index (κ2) is 10.1. The Kier molecular flexibility index (Phi) is 7.33. The zero-order valence-electron chi connectivity index (χ0n) is 15.8. The number of nitrogens with zero attached hydrogens (tertiary/aromatic N) is 1. The lowest BCUT2D eigenvalue weighted by molar-refractivity contribution is 0.0948. The van der Waals surface area contributed by atoms with E-state index in [0.717, 1.165) is 21.9 Å². The van der Waals surface area contributed by atoms with Crippen molar-refractivity contribution in [3.63, 3.8) is 0 Å². The number of carbonyl (C=O) groups is 1. The highest BCUT2D eigenvalue weighted by Gasteiger charge is 2.12. The number of amides is 1. The predicted octanol–water partition coefficient (Wildman–Crippen LogP) is 4.77. The van der Waals surface area contributed by atoms with Gasteiger partial charge >= 0.3 is 0 Å². The number of benzene rings is 2. The molecule has 0 bridgehead atoms. The summed E-state index contributed by atoms with van der Waals surface area (Å²) in [4.78, 5) is 18.0. The van der Waals surface area contributed by atoms with Crippen LogP contribution < -0.4 is 14.8 Å². The fraction of sp³-hybridized carbons (Fsp3) is 0.238. The van der Waals surface area contributed by atoms with E-state index in [2.05, 4.69) is 10.3 Å². The zero-order valence-corrected chi connectivity index (χ0v) is 17.4. The summed E-state index contributed by atoms with van der Waals surface area (Å²) in [6.07, 6.45) is 0. The molecule has 28 heavy (non-hydrogen) atoms. The smallest absolute Gasteiger partial charge is 0.252 e. The number of nitrogens with one attached hydrogen (secondary N) is 1. The van der Waals surface area contributed by atoms with Gasteiger partial charge in [-0.25, -0.2) is 4.98 Å². The Labute approximate surface area is 173 Å². The molecule has 0 aliphatic carbocycles. The third-order valence-corrected chi connectivity index (χ3v) is 5.71. The van der Waals surface area contributed by atoms with Crippen LogP contribution in [0.25, 0.3) is 0 Å². The van der Waals surface area contributed by atoms with E-state index >= 15 is 0 Å². The minimum atomic E-state index is -0.103. The van der Waals surface area contributed by atoms with Crippen LogP contribution in [0.5, 0.6) is 11.5 Å². The second-order valence-corrected chi connectivity index (χ2v) is 7.60. The van der Waals surface area contributed by atoms with Crippen LogP contribution in [0.1, 0.15) is 28.5 Å². The average molecular weight is 415 g/mol. The Bertz CT molecular complexity index is 914. The number of carbonyl (C=O) groups excluding carboxylic acids is 1. The van der Waals surface area contributed by atoms with Gasteiger partial charge in [0.25, 0.3) is 5.91 Å². The number of thioether (sulfide) groups is 1. The number of hydrogen-bond donors (Lipinski definition) is 1. The first-order valence-corrected chi connectivity index (χ1v) is 10.8. The predicted molar refractivity (Wildman–Crippen MR) is 113 cm³/mol. The molecule has 3 rings (SSSR count). The van der Waals surface area contributed by atoms with Gasteiger partial charge in [0.2, 0.25) is 0 Å². The van der Waals surface area contributed by atoms with E-state index in [1.54, 1.807) is 30.2 Å². The summed E-state index contributed by atoms with van der Waals surface area (Å²) in [5.41, 5.74) is 4.45. The molecule has 0 aliphatic heterocycles. The molecule has 1 N–H and O–H groups in total. The van der Waals surface area contributed by atoms with Crippen molar-refractivity contribution in [2.45, 2.75) is 24.1 Å². The Morgan fingerprint density at radius 2 is 2.07 bits per heavy atom. The number of hydrogen-bond acceptors (Lipinski definition) is 6. The second-order valence-electron chi connectivity index (χ2n) is 5.87. The van der Waals surface area contributed by atoms with Crippen molar-refractivity contribution < 1.29 is 14.3 Å². The number of methoxy groups -OCH3 is 1. The van der Waals surface area contributed by atoms with Gasteiger partial charge in [0.1, 0.15) is 0 Å². The summed E-state index contributed by atoms with van der Waals surface area (Å²) >= 11 is 3.19. The van der Waals surface area contributed by atoms with Crippen LogP contribution in [0.4, 0.5) is 0 Å². The molecule has 7 heteroatoms. The fourth-order valence-electron chi connectivity index (χ4n) is 2.61. The molecule has 0 unspecified atom stereocenters. The Morgan fingerprint density at radius 3 is 2.82 bits per heavy atom. The molecule has 5 nitrogen and oxygen atoms in total. The lowest BCUT2D eigenvalue weighted by atomic mass is 10.1. The van der Waals surface area contributed by atoms with Crippen LogP contribution in [0.3, 0.4) is 0 Å². The molecule has 1 aromatic heterocycles. The minimum Gasteiger partial charge on any atom is -0.493 e. The molecule has 0 aliphatic rings. The number of aromatic nitrogens is 1. The quantitative estimate of drug-likeness (QED) is 0.511. The third kappa shape index (κ3) is 5.27. The lowest BCUT2D eigenvalue weighted by Gasteiger charge is -2.12. The summed E-state index contributed by atoms with van der Waals surface area (Å²) in [7, 11) is 1.61. The van der Waals surface area contributed by atoms with Gasteiger partial charge in [-0.3, -0.25) is 4.79 Å². The summed E-state index contributed by atoms with van der Waals surface area (Å²) in [5, 5.41) is 5.01. The standard InChI is InChI=1S/C21H22N2O3S2/c1-3-26-18-9-8-15(10-19(18)25-2)11-22-21(24)17-6-4-5-7-20(17)28-13-16-12-27-14-23-16/h4-10,12,14H,3,11,13H2,1-2H3,(H,22,24). The summed E-state index contributed by atoms with van der Waals surface area (Å²) in [6, 6.07) is 13.3. The maximum atomic E-state index is 12.7. The Morgan fingerprint density at radius 1 is 1.21 bits per heavy atom. The van der Waals surface area contributed by atoms with Gasteiger partial charge in [0.15, 0.2) is 11.5 Å².